The first-order valence-corrected chi connectivity index (χ1v) is 4.51. The Labute approximate surface area is 93.3 Å². The topological polar surface area (TPSA) is 97.7 Å². The van der Waals surface area contributed by atoms with Crippen molar-refractivity contribution in [3.8, 4) is 0 Å². The number of hydrogen-bond donors (Lipinski definition) is 1. The van der Waals surface area contributed by atoms with Crippen molar-refractivity contribution >= 4 is 17.3 Å². The molecule has 88 valence electrons. The lowest BCUT2D eigenvalue weighted by Gasteiger charge is -1.94. The highest BCUT2D eigenvalue weighted by molar-refractivity contribution is 5.71. The molecular formula is C9H6FN3O4. The number of carbonyl (C=O) groups is 1. The van der Waals surface area contributed by atoms with Gasteiger partial charge in [0.2, 0.25) is 5.82 Å². The highest BCUT2D eigenvalue weighted by Crippen LogP contribution is 2.21. The second-order valence-corrected chi connectivity index (χ2v) is 3.28. The molecule has 0 aliphatic carbocycles. The highest BCUT2D eigenvalue weighted by atomic mass is 19.1. The van der Waals surface area contributed by atoms with E-state index in [1.54, 1.807) is 0 Å². The Morgan fingerprint density at radius 2 is 2.35 bits per heavy atom. The van der Waals surface area contributed by atoms with Gasteiger partial charge in [-0.3, -0.25) is 9.20 Å². The van der Waals surface area contributed by atoms with Crippen LogP contribution in [0.4, 0.5) is 10.2 Å². The Morgan fingerprint density at radius 3 is 2.94 bits per heavy atom. The van der Waals surface area contributed by atoms with Crippen LogP contribution in [0.3, 0.4) is 0 Å². The van der Waals surface area contributed by atoms with Crippen LogP contribution in [-0.4, -0.2) is 25.4 Å². The van der Waals surface area contributed by atoms with E-state index in [0.717, 1.165) is 12.1 Å². The molecule has 0 aliphatic rings. The molecule has 0 radical (unpaired) electrons. The molecule has 2 aromatic rings. The molecule has 0 fully saturated rings. The van der Waals surface area contributed by atoms with Crippen LogP contribution in [0.25, 0.3) is 5.52 Å². The minimum atomic E-state index is -1.17. The van der Waals surface area contributed by atoms with Crippen LogP contribution in [0.5, 0.6) is 0 Å². The van der Waals surface area contributed by atoms with Gasteiger partial charge in [-0.1, -0.05) is 0 Å². The SMILES string of the molecule is O=C(O)Cc1nc([N+](=O)[O-])c2cc(F)ccn12. The average Bonchev–Trinajstić information content (AvgIpc) is 2.55. The number of rotatable bonds is 3. The number of pyridine rings is 1. The molecule has 0 bridgehead atoms. The summed E-state index contributed by atoms with van der Waals surface area (Å²) in [7, 11) is 0. The lowest BCUT2D eigenvalue weighted by molar-refractivity contribution is -0.387. The fourth-order valence-electron chi connectivity index (χ4n) is 1.50. The van der Waals surface area contributed by atoms with Crippen molar-refractivity contribution in [2.24, 2.45) is 0 Å². The van der Waals surface area contributed by atoms with Crippen molar-refractivity contribution < 1.29 is 19.2 Å². The second kappa shape index (κ2) is 3.81. The van der Waals surface area contributed by atoms with Crippen molar-refractivity contribution in [1.29, 1.82) is 0 Å². The average molecular weight is 239 g/mol. The van der Waals surface area contributed by atoms with E-state index >= 15 is 0 Å². The summed E-state index contributed by atoms with van der Waals surface area (Å²) in [5.74, 6) is -2.39. The molecule has 0 saturated carbocycles. The fraction of sp³-hybridized carbons (Fsp3) is 0.111. The summed E-state index contributed by atoms with van der Waals surface area (Å²) in [6, 6.07) is 2.01. The standard InChI is InChI=1S/C9H6FN3O4/c10-5-1-2-12-6(3-5)9(13(16)17)11-7(12)4-8(14)15/h1-3H,4H2,(H,14,15). The number of fused-ring (bicyclic) bond motifs is 1. The maximum Gasteiger partial charge on any atom is 0.389 e. The van der Waals surface area contributed by atoms with Crippen molar-refractivity contribution in [3.63, 3.8) is 0 Å². The zero-order chi connectivity index (χ0) is 12.6. The van der Waals surface area contributed by atoms with E-state index in [4.69, 9.17) is 5.11 Å². The number of aromatic nitrogens is 2. The second-order valence-electron chi connectivity index (χ2n) is 3.28. The molecule has 0 atom stereocenters. The fourth-order valence-corrected chi connectivity index (χ4v) is 1.50. The van der Waals surface area contributed by atoms with Gasteiger partial charge in [0.15, 0.2) is 0 Å². The summed E-state index contributed by atoms with van der Waals surface area (Å²) in [4.78, 5) is 24.1. The molecule has 2 rings (SSSR count). The summed E-state index contributed by atoms with van der Waals surface area (Å²) < 4.78 is 14.2. The molecule has 0 unspecified atom stereocenters. The minimum Gasteiger partial charge on any atom is -0.481 e. The molecule has 0 aliphatic heterocycles. The Hall–Kier alpha value is -2.51. The number of hydrogen-bond acceptors (Lipinski definition) is 4. The minimum absolute atomic E-state index is 0.0146. The maximum absolute atomic E-state index is 13.0. The van der Waals surface area contributed by atoms with Crippen molar-refractivity contribution in [3.05, 3.63) is 40.1 Å². The van der Waals surface area contributed by atoms with E-state index in [0.29, 0.717) is 0 Å². The van der Waals surface area contributed by atoms with Gasteiger partial charge in [0.1, 0.15) is 17.8 Å². The molecule has 1 N–H and O–H groups in total. The van der Waals surface area contributed by atoms with Crippen LogP contribution < -0.4 is 0 Å². The van der Waals surface area contributed by atoms with Gasteiger partial charge in [-0.15, -0.1) is 0 Å². The number of imidazole rings is 1. The molecule has 0 aromatic carbocycles. The first-order chi connectivity index (χ1) is 7.99. The summed E-state index contributed by atoms with van der Waals surface area (Å²) >= 11 is 0. The third kappa shape index (κ3) is 1.92. The largest absolute Gasteiger partial charge is 0.481 e. The number of carboxylic acids is 1. The summed E-state index contributed by atoms with van der Waals surface area (Å²) in [6.07, 6.45) is 0.740. The van der Waals surface area contributed by atoms with E-state index < -0.39 is 28.9 Å². The Balaban J connectivity index is 2.70. The highest BCUT2D eigenvalue weighted by Gasteiger charge is 2.23. The van der Waals surface area contributed by atoms with Gasteiger partial charge >= 0.3 is 11.8 Å². The zero-order valence-electron chi connectivity index (χ0n) is 8.33. The van der Waals surface area contributed by atoms with Gasteiger partial charge in [0, 0.05) is 12.3 Å². The van der Waals surface area contributed by atoms with Gasteiger partial charge in [0.25, 0.3) is 0 Å². The molecule has 2 heterocycles. The molecule has 7 nitrogen and oxygen atoms in total. The Kier molecular flexibility index (Phi) is 2.47. The van der Waals surface area contributed by atoms with Crippen LogP contribution in [0, 0.1) is 15.9 Å². The number of carboxylic acid groups (broad SMARTS) is 1. The number of nitrogens with zero attached hydrogens (tertiary/aromatic N) is 3. The molecule has 2 aromatic heterocycles. The van der Waals surface area contributed by atoms with Crippen LogP contribution in [0.2, 0.25) is 0 Å². The van der Waals surface area contributed by atoms with Gasteiger partial charge in [-0.25, -0.2) is 4.39 Å². The van der Waals surface area contributed by atoms with E-state index in [9.17, 15) is 19.3 Å². The van der Waals surface area contributed by atoms with Crippen molar-refractivity contribution in [1.82, 2.24) is 9.38 Å². The van der Waals surface area contributed by atoms with Gasteiger partial charge < -0.3 is 15.2 Å². The zero-order valence-corrected chi connectivity index (χ0v) is 8.33. The van der Waals surface area contributed by atoms with Crippen LogP contribution in [0.1, 0.15) is 5.82 Å². The molecule has 17 heavy (non-hydrogen) atoms. The summed E-state index contributed by atoms with van der Waals surface area (Å²) in [5, 5.41) is 19.3. The first-order valence-electron chi connectivity index (χ1n) is 4.51. The van der Waals surface area contributed by atoms with E-state index in [-0.39, 0.29) is 11.3 Å². The van der Waals surface area contributed by atoms with Gasteiger partial charge in [0.05, 0.1) is 0 Å². The summed E-state index contributed by atoms with van der Waals surface area (Å²) in [6.45, 7) is 0. The molecule has 0 saturated heterocycles. The van der Waals surface area contributed by atoms with Crippen LogP contribution in [0.15, 0.2) is 18.3 Å². The molecule has 0 amide bonds. The third-order valence-corrected chi connectivity index (χ3v) is 2.14. The number of halogens is 1. The Bertz CT molecular complexity index is 622. The first kappa shape index (κ1) is 11.0. The van der Waals surface area contributed by atoms with Crippen LogP contribution >= 0.6 is 0 Å². The lowest BCUT2D eigenvalue weighted by Crippen LogP contribution is -2.04. The van der Waals surface area contributed by atoms with E-state index in [1.165, 1.54) is 10.6 Å². The van der Waals surface area contributed by atoms with Crippen LogP contribution in [-0.2, 0) is 11.2 Å². The smallest absolute Gasteiger partial charge is 0.389 e. The Morgan fingerprint density at radius 1 is 1.65 bits per heavy atom. The van der Waals surface area contributed by atoms with E-state index in [2.05, 4.69) is 4.98 Å². The number of nitro groups is 1. The van der Waals surface area contributed by atoms with Gasteiger partial charge in [-0.2, -0.15) is 0 Å². The lowest BCUT2D eigenvalue weighted by atomic mass is 10.4. The molecular weight excluding hydrogens is 233 g/mol. The normalized spacial score (nSPS) is 10.6. The quantitative estimate of drug-likeness (QED) is 0.636. The number of aliphatic carboxylic acids is 1. The van der Waals surface area contributed by atoms with Crippen molar-refractivity contribution in [2.75, 3.05) is 0 Å². The monoisotopic (exact) mass is 239 g/mol. The van der Waals surface area contributed by atoms with Crippen molar-refractivity contribution in [2.45, 2.75) is 6.42 Å². The maximum atomic E-state index is 13.0. The van der Waals surface area contributed by atoms with Gasteiger partial charge in [-0.05, 0) is 16.0 Å². The van der Waals surface area contributed by atoms with E-state index in [1.807, 2.05) is 0 Å². The summed E-state index contributed by atoms with van der Waals surface area (Å²) in [5.41, 5.74) is -0.0637. The molecule has 0 spiro atoms. The molecule has 8 heteroatoms. The predicted molar refractivity (Wildman–Crippen MR) is 53.1 cm³/mol. The predicted octanol–water partition coefficient (Wildman–Crippen LogP) is 1.01. The third-order valence-electron chi connectivity index (χ3n) is 2.14.